The van der Waals surface area contributed by atoms with E-state index in [1.54, 1.807) is 16.2 Å². The van der Waals surface area contributed by atoms with Gasteiger partial charge in [0.15, 0.2) is 0 Å². The van der Waals surface area contributed by atoms with Crippen LogP contribution in [0.5, 0.6) is 0 Å². The SMILES string of the molecule is CCCCN(C(=O)Cc1cccs1)C(C(=O)NC1CCCC1)c1ccccc1. The molecule has 3 rings (SSSR count). The Labute approximate surface area is 172 Å². The molecule has 28 heavy (non-hydrogen) atoms. The third-order valence-electron chi connectivity index (χ3n) is 5.36. The zero-order valence-corrected chi connectivity index (χ0v) is 17.4. The third-order valence-corrected chi connectivity index (χ3v) is 6.23. The second-order valence-electron chi connectivity index (χ2n) is 7.50. The lowest BCUT2D eigenvalue weighted by Gasteiger charge is -2.32. The van der Waals surface area contributed by atoms with Crippen molar-refractivity contribution in [1.82, 2.24) is 10.2 Å². The predicted molar refractivity (Wildman–Crippen MR) is 114 cm³/mol. The van der Waals surface area contributed by atoms with E-state index in [4.69, 9.17) is 0 Å². The van der Waals surface area contributed by atoms with Crippen LogP contribution in [0.3, 0.4) is 0 Å². The molecule has 1 N–H and O–H groups in total. The number of hydrogen-bond donors (Lipinski definition) is 1. The van der Waals surface area contributed by atoms with Gasteiger partial charge in [-0.1, -0.05) is 62.6 Å². The molecule has 1 aromatic heterocycles. The molecule has 1 atom stereocenters. The van der Waals surface area contributed by atoms with E-state index in [9.17, 15) is 9.59 Å². The predicted octanol–water partition coefficient (Wildman–Crippen LogP) is 4.72. The van der Waals surface area contributed by atoms with Gasteiger partial charge in [0.1, 0.15) is 6.04 Å². The molecule has 1 fully saturated rings. The lowest BCUT2D eigenvalue weighted by atomic mass is 10.0. The molecule has 0 spiro atoms. The number of unbranched alkanes of at least 4 members (excludes halogenated alkanes) is 1. The van der Waals surface area contributed by atoms with E-state index in [0.717, 1.165) is 49.0 Å². The molecule has 2 amide bonds. The largest absolute Gasteiger partial charge is 0.351 e. The molecular formula is C23H30N2O2S. The van der Waals surface area contributed by atoms with Crippen LogP contribution in [0, 0.1) is 0 Å². The lowest BCUT2D eigenvalue weighted by molar-refractivity contribution is -0.140. The summed E-state index contributed by atoms with van der Waals surface area (Å²) in [6, 6.07) is 13.3. The highest BCUT2D eigenvalue weighted by molar-refractivity contribution is 7.10. The van der Waals surface area contributed by atoms with Crippen LogP contribution in [-0.4, -0.2) is 29.3 Å². The number of rotatable bonds is 9. The number of hydrogen-bond acceptors (Lipinski definition) is 3. The maximum absolute atomic E-state index is 13.3. The van der Waals surface area contributed by atoms with Gasteiger partial charge in [-0.15, -0.1) is 11.3 Å². The summed E-state index contributed by atoms with van der Waals surface area (Å²) in [5.74, 6) is -0.0277. The molecule has 1 aromatic carbocycles. The summed E-state index contributed by atoms with van der Waals surface area (Å²) in [6.45, 7) is 2.70. The van der Waals surface area contributed by atoms with Gasteiger partial charge in [0, 0.05) is 17.5 Å². The Hall–Kier alpha value is -2.14. The van der Waals surface area contributed by atoms with Gasteiger partial charge in [0.25, 0.3) is 0 Å². The van der Waals surface area contributed by atoms with E-state index >= 15 is 0 Å². The van der Waals surface area contributed by atoms with Crippen LogP contribution in [0.15, 0.2) is 47.8 Å². The van der Waals surface area contributed by atoms with Gasteiger partial charge in [-0.2, -0.15) is 0 Å². The van der Waals surface area contributed by atoms with Gasteiger partial charge in [0.2, 0.25) is 11.8 Å². The van der Waals surface area contributed by atoms with E-state index in [0.29, 0.717) is 13.0 Å². The van der Waals surface area contributed by atoms with Gasteiger partial charge < -0.3 is 10.2 Å². The summed E-state index contributed by atoms with van der Waals surface area (Å²) in [7, 11) is 0. The minimum absolute atomic E-state index is 0.0197. The average molecular weight is 399 g/mol. The number of benzene rings is 1. The van der Waals surface area contributed by atoms with Crippen molar-refractivity contribution in [2.45, 2.75) is 64.0 Å². The standard InChI is InChI=1S/C23H30N2O2S/c1-2-3-15-25(21(26)17-20-14-9-16-28-20)22(18-10-5-4-6-11-18)23(27)24-19-12-7-8-13-19/h4-6,9-11,14,16,19,22H,2-3,7-8,12-13,15,17H2,1H3,(H,24,27). The van der Waals surface area contributed by atoms with Crippen molar-refractivity contribution >= 4 is 23.2 Å². The highest BCUT2D eigenvalue weighted by Gasteiger charge is 2.32. The first-order chi connectivity index (χ1) is 13.7. The van der Waals surface area contributed by atoms with Crippen LogP contribution in [-0.2, 0) is 16.0 Å². The molecule has 0 bridgehead atoms. The number of amides is 2. The monoisotopic (exact) mass is 398 g/mol. The van der Waals surface area contributed by atoms with Crippen molar-refractivity contribution in [3.05, 3.63) is 58.3 Å². The summed E-state index contributed by atoms with van der Waals surface area (Å²) < 4.78 is 0. The second-order valence-corrected chi connectivity index (χ2v) is 8.53. The maximum atomic E-state index is 13.3. The molecule has 0 aliphatic heterocycles. The van der Waals surface area contributed by atoms with Crippen LogP contribution in [0.2, 0.25) is 0 Å². The van der Waals surface area contributed by atoms with Crippen molar-refractivity contribution < 1.29 is 9.59 Å². The Kier molecular flexibility index (Phi) is 7.66. The number of nitrogens with one attached hydrogen (secondary N) is 1. The van der Waals surface area contributed by atoms with Gasteiger partial charge in [-0.05, 0) is 36.3 Å². The molecule has 0 radical (unpaired) electrons. The Morgan fingerprint density at radius 3 is 2.54 bits per heavy atom. The minimum Gasteiger partial charge on any atom is -0.351 e. The Morgan fingerprint density at radius 2 is 1.89 bits per heavy atom. The van der Waals surface area contributed by atoms with Crippen molar-refractivity contribution in [3.8, 4) is 0 Å². The first kappa shape index (κ1) is 20.6. The molecular weight excluding hydrogens is 368 g/mol. The molecule has 1 aliphatic rings. The fourth-order valence-electron chi connectivity index (χ4n) is 3.85. The lowest BCUT2D eigenvalue weighted by Crippen LogP contribution is -2.46. The van der Waals surface area contributed by atoms with Crippen LogP contribution in [0.4, 0.5) is 0 Å². The summed E-state index contributed by atoms with van der Waals surface area (Å²) in [5, 5.41) is 5.20. The number of carbonyl (C=O) groups excluding carboxylic acids is 2. The van der Waals surface area contributed by atoms with E-state index in [1.807, 2.05) is 47.8 Å². The number of nitrogens with zero attached hydrogens (tertiary/aromatic N) is 1. The van der Waals surface area contributed by atoms with Gasteiger partial charge >= 0.3 is 0 Å². The Balaban J connectivity index is 1.85. The van der Waals surface area contributed by atoms with E-state index in [2.05, 4.69) is 12.2 Å². The van der Waals surface area contributed by atoms with Crippen molar-refractivity contribution in [2.75, 3.05) is 6.54 Å². The van der Waals surface area contributed by atoms with Crippen LogP contribution < -0.4 is 5.32 Å². The molecule has 0 saturated heterocycles. The number of carbonyl (C=O) groups is 2. The highest BCUT2D eigenvalue weighted by Crippen LogP contribution is 2.26. The molecule has 2 aromatic rings. The zero-order valence-electron chi connectivity index (χ0n) is 16.6. The van der Waals surface area contributed by atoms with Gasteiger partial charge in [-0.25, -0.2) is 0 Å². The summed E-state index contributed by atoms with van der Waals surface area (Å²) in [6.07, 6.45) is 6.61. The molecule has 1 unspecified atom stereocenters. The van der Waals surface area contributed by atoms with E-state index < -0.39 is 6.04 Å². The van der Waals surface area contributed by atoms with E-state index in [1.165, 1.54) is 0 Å². The number of thiophene rings is 1. The fourth-order valence-corrected chi connectivity index (χ4v) is 4.54. The first-order valence-electron chi connectivity index (χ1n) is 10.4. The van der Waals surface area contributed by atoms with Crippen LogP contribution in [0.25, 0.3) is 0 Å². The topological polar surface area (TPSA) is 49.4 Å². The fraction of sp³-hybridized carbons (Fsp3) is 0.478. The molecule has 1 saturated carbocycles. The van der Waals surface area contributed by atoms with Gasteiger partial charge in [-0.3, -0.25) is 9.59 Å². The van der Waals surface area contributed by atoms with Gasteiger partial charge in [0.05, 0.1) is 6.42 Å². The zero-order chi connectivity index (χ0) is 19.8. The van der Waals surface area contributed by atoms with Crippen molar-refractivity contribution in [3.63, 3.8) is 0 Å². The molecule has 4 nitrogen and oxygen atoms in total. The highest BCUT2D eigenvalue weighted by atomic mass is 32.1. The third kappa shape index (κ3) is 5.44. The first-order valence-corrected chi connectivity index (χ1v) is 11.2. The van der Waals surface area contributed by atoms with Crippen molar-refractivity contribution in [1.29, 1.82) is 0 Å². The normalized spacial score (nSPS) is 15.3. The second kappa shape index (κ2) is 10.4. The minimum atomic E-state index is -0.569. The van der Waals surface area contributed by atoms with Crippen LogP contribution >= 0.6 is 11.3 Å². The van der Waals surface area contributed by atoms with E-state index in [-0.39, 0.29) is 17.9 Å². The van der Waals surface area contributed by atoms with Crippen molar-refractivity contribution in [2.24, 2.45) is 0 Å². The maximum Gasteiger partial charge on any atom is 0.247 e. The molecule has 1 aliphatic carbocycles. The quantitative estimate of drug-likeness (QED) is 0.664. The Bertz CT molecular complexity index is 739. The smallest absolute Gasteiger partial charge is 0.247 e. The summed E-state index contributed by atoms with van der Waals surface area (Å²) >= 11 is 1.59. The van der Waals surface area contributed by atoms with Crippen LogP contribution in [0.1, 0.15) is 61.9 Å². The average Bonchev–Trinajstić information content (AvgIpc) is 3.40. The molecule has 1 heterocycles. The summed E-state index contributed by atoms with van der Waals surface area (Å²) in [4.78, 5) is 29.4. The molecule has 5 heteroatoms. The summed E-state index contributed by atoms with van der Waals surface area (Å²) in [5.41, 5.74) is 0.883. The Morgan fingerprint density at radius 1 is 1.14 bits per heavy atom. The molecule has 150 valence electrons.